The van der Waals surface area contributed by atoms with Gasteiger partial charge >= 0.3 is 11.9 Å². The summed E-state index contributed by atoms with van der Waals surface area (Å²) in [4.78, 5) is 22.3. The molecule has 0 heterocycles. The predicted molar refractivity (Wildman–Crippen MR) is 69.5 cm³/mol. The molecule has 0 amide bonds. The van der Waals surface area contributed by atoms with E-state index in [4.69, 9.17) is 10.8 Å². The van der Waals surface area contributed by atoms with Crippen LogP contribution in [0.3, 0.4) is 0 Å². The zero-order valence-corrected chi connectivity index (χ0v) is 10.5. The molecule has 5 nitrogen and oxygen atoms in total. The lowest BCUT2D eigenvalue weighted by Gasteiger charge is -2.30. The van der Waals surface area contributed by atoms with Crippen LogP contribution < -0.4 is 5.73 Å². The average molecular weight is 263 g/mol. The van der Waals surface area contributed by atoms with Crippen LogP contribution in [0.4, 0.5) is 0 Å². The highest BCUT2D eigenvalue weighted by Crippen LogP contribution is 2.34. The van der Waals surface area contributed by atoms with E-state index in [9.17, 15) is 14.7 Å². The van der Waals surface area contributed by atoms with Crippen LogP contribution in [0.2, 0.25) is 0 Å². The minimum atomic E-state index is -1.05. The van der Waals surface area contributed by atoms with Crippen molar-refractivity contribution in [1.29, 1.82) is 0 Å². The molecule has 19 heavy (non-hydrogen) atoms. The fraction of sp³-hybridized carbons (Fsp3) is 0.429. The van der Waals surface area contributed by atoms with Gasteiger partial charge in [0.15, 0.2) is 0 Å². The number of aromatic carboxylic acids is 2. The van der Waals surface area contributed by atoms with Crippen LogP contribution in [-0.2, 0) is 0 Å². The van der Waals surface area contributed by atoms with Gasteiger partial charge in [-0.2, -0.15) is 0 Å². The van der Waals surface area contributed by atoms with Gasteiger partial charge in [0.2, 0.25) is 0 Å². The maximum atomic E-state index is 11.3. The van der Waals surface area contributed by atoms with Gasteiger partial charge in [0.25, 0.3) is 0 Å². The third-order valence-corrected chi connectivity index (χ3v) is 3.75. The number of rotatable bonds is 3. The smallest absolute Gasteiger partial charge is 0.335 e. The molecule has 0 aromatic heterocycles. The summed E-state index contributed by atoms with van der Waals surface area (Å²) in [5.74, 6) is -2.16. The van der Waals surface area contributed by atoms with Crippen molar-refractivity contribution in [2.75, 3.05) is 0 Å². The zero-order chi connectivity index (χ0) is 14.0. The third kappa shape index (κ3) is 2.76. The number of carbonyl (C=O) groups is 2. The van der Waals surface area contributed by atoms with E-state index < -0.39 is 11.9 Å². The first-order valence-electron chi connectivity index (χ1n) is 6.37. The Morgan fingerprint density at radius 2 is 1.79 bits per heavy atom. The van der Waals surface area contributed by atoms with E-state index in [0.717, 1.165) is 25.7 Å². The van der Waals surface area contributed by atoms with Crippen molar-refractivity contribution in [3.05, 3.63) is 34.9 Å². The van der Waals surface area contributed by atoms with E-state index in [2.05, 4.69) is 0 Å². The van der Waals surface area contributed by atoms with Crippen LogP contribution in [0.15, 0.2) is 18.2 Å². The molecule has 0 saturated heterocycles. The minimum absolute atomic E-state index is 0.0702. The van der Waals surface area contributed by atoms with Gasteiger partial charge < -0.3 is 15.9 Å². The molecule has 0 bridgehead atoms. The Morgan fingerprint density at radius 1 is 1.11 bits per heavy atom. The lowest BCUT2D eigenvalue weighted by molar-refractivity contribution is 0.0679. The van der Waals surface area contributed by atoms with E-state index in [0.29, 0.717) is 5.56 Å². The first-order valence-corrected chi connectivity index (χ1v) is 6.37. The molecule has 1 aromatic rings. The first kappa shape index (κ1) is 13.5. The number of carboxylic acids is 2. The topological polar surface area (TPSA) is 101 Å². The van der Waals surface area contributed by atoms with Gasteiger partial charge in [-0.3, -0.25) is 0 Å². The zero-order valence-electron chi connectivity index (χ0n) is 10.5. The normalized spacial score (nSPS) is 23.0. The van der Waals surface area contributed by atoms with Crippen molar-refractivity contribution >= 4 is 11.9 Å². The second-order valence-corrected chi connectivity index (χ2v) is 4.97. The number of hydrogen-bond acceptors (Lipinski definition) is 3. The maximum Gasteiger partial charge on any atom is 0.335 e. The van der Waals surface area contributed by atoms with E-state index in [1.54, 1.807) is 0 Å². The summed E-state index contributed by atoms with van der Waals surface area (Å²) >= 11 is 0. The van der Waals surface area contributed by atoms with Crippen molar-refractivity contribution in [2.45, 2.75) is 37.6 Å². The van der Waals surface area contributed by atoms with Crippen molar-refractivity contribution in [2.24, 2.45) is 5.73 Å². The molecule has 1 aromatic carbocycles. The molecule has 2 unspecified atom stereocenters. The molecule has 1 fully saturated rings. The van der Waals surface area contributed by atoms with Crippen LogP contribution in [0, 0.1) is 0 Å². The summed E-state index contributed by atoms with van der Waals surface area (Å²) in [7, 11) is 0. The Morgan fingerprint density at radius 3 is 2.37 bits per heavy atom. The minimum Gasteiger partial charge on any atom is -0.478 e. The summed E-state index contributed by atoms with van der Waals surface area (Å²) in [6, 6.07) is 4.05. The Bertz CT molecular complexity index is 512. The number of carboxylic acid groups (broad SMARTS) is 2. The van der Waals surface area contributed by atoms with Crippen molar-refractivity contribution in [3.63, 3.8) is 0 Å². The van der Waals surface area contributed by atoms with Crippen molar-refractivity contribution in [1.82, 2.24) is 0 Å². The van der Waals surface area contributed by atoms with Gasteiger partial charge in [-0.05, 0) is 42.5 Å². The van der Waals surface area contributed by atoms with Crippen LogP contribution in [0.25, 0.3) is 0 Å². The first-order chi connectivity index (χ1) is 9.00. The van der Waals surface area contributed by atoms with Crippen LogP contribution in [0.1, 0.15) is 57.9 Å². The number of nitrogens with two attached hydrogens (primary N) is 1. The molecule has 0 aliphatic heterocycles. The van der Waals surface area contributed by atoms with Gasteiger partial charge in [0, 0.05) is 6.04 Å². The standard InChI is InChI=1S/C14H17NO4/c15-12-4-2-1-3-9(12)11-7-8(13(16)17)5-6-10(11)14(18)19/h5-7,9,12H,1-4,15H2,(H,16,17)(H,18,19). The van der Waals surface area contributed by atoms with Gasteiger partial charge in [-0.25, -0.2) is 9.59 Å². The van der Waals surface area contributed by atoms with Gasteiger partial charge in [0.05, 0.1) is 11.1 Å². The Hall–Kier alpha value is -1.88. The second kappa shape index (κ2) is 5.40. The molecular formula is C14H17NO4. The Balaban J connectivity index is 2.47. The number of benzene rings is 1. The molecule has 4 N–H and O–H groups in total. The van der Waals surface area contributed by atoms with Crippen molar-refractivity contribution in [3.8, 4) is 0 Å². The van der Waals surface area contributed by atoms with Crippen molar-refractivity contribution < 1.29 is 19.8 Å². The molecule has 2 atom stereocenters. The summed E-state index contributed by atoms with van der Waals surface area (Å²) in [5.41, 5.74) is 6.89. The van der Waals surface area contributed by atoms with E-state index in [1.165, 1.54) is 18.2 Å². The monoisotopic (exact) mass is 263 g/mol. The summed E-state index contributed by atoms with van der Waals surface area (Å²) in [6.07, 6.45) is 3.69. The number of hydrogen-bond donors (Lipinski definition) is 3. The Labute approximate surface area is 111 Å². The lowest BCUT2D eigenvalue weighted by Crippen LogP contribution is -2.32. The third-order valence-electron chi connectivity index (χ3n) is 3.75. The molecule has 0 radical (unpaired) electrons. The molecule has 1 aliphatic rings. The van der Waals surface area contributed by atoms with Gasteiger partial charge in [-0.15, -0.1) is 0 Å². The highest BCUT2D eigenvalue weighted by molar-refractivity contribution is 5.93. The van der Waals surface area contributed by atoms with Crippen LogP contribution >= 0.6 is 0 Å². The molecule has 1 aliphatic carbocycles. The fourth-order valence-corrected chi connectivity index (χ4v) is 2.74. The predicted octanol–water partition coefficient (Wildman–Crippen LogP) is 2.07. The second-order valence-electron chi connectivity index (χ2n) is 4.97. The lowest BCUT2D eigenvalue weighted by atomic mass is 9.78. The quantitative estimate of drug-likeness (QED) is 0.775. The van der Waals surface area contributed by atoms with Crippen LogP contribution in [-0.4, -0.2) is 28.2 Å². The van der Waals surface area contributed by atoms with E-state index in [-0.39, 0.29) is 23.1 Å². The molecule has 1 saturated carbocycles. The van der Waals surface area contributed by atoms with E-state index in [1.807, 2.05) is 0 Å². The summed E-state index contributed by atoms with van der Waals surface area (Å²) in [5, 5.41) is 18.2. The maximum absolute atomic E-state index is 11.3. The fourth-order valence-electron chi connectivity index (χ4n) is 2.74. The summed E-state index contributed by atoms with van der Waals surface area (Å²) < 4.78 is 0. The summed E-state index contributed by atoms with van der Waals surface area (Å²) in [6.45, 7) is 0. The molecule has 2 rings (SSSR count). The molecule has 102 valence electrons. The van der Waals surface area contributed by atoms with E-state index >= 15 is 0 Å². The molecule has 0 spiro atoms. The highest BCUT2D eigenvalue weighted by Gasteiger charge is 2.27. The molecular weight excluding hydrogens is 246 g/mol. The average Bonchev–Trinajstić information content (AvgIpc) is 2.38. The van der Waals surface area contributed by atoms with Crippen LogP contribution in [0.5, 0.6) is 0 Å². The SMILES string of the molecule is NC1CCCCC1c1cc(C(=O)O)ccc1C(=O)O. The Kier molecular flexibility index (Phi) is 3.85. The molecule has 5 heteroatoms. The largest absolute Gasteiger partial charge is 0.478 e. The van der Waals surface area contributed by atoms with Gasteiger partial charge in [0.1, 0.15) is 0 Å². The van der Waals surface area contributed by atoms with Gasteiger partial charge in [-0.1, -0.05) is 12.8 Å². The highest BCUT2D eigenvalue weighted by atomic mass is 16.4.